The Hall–Kier alpha value is -1.24. The third-order valence-electron chi connectivity index (χ3n) is 2.10. The molecule has 1 nitrogen and oxygen atoms in total. The molecule has 0 saturated heterocycles. The predicted molar refractivity (Wildman–Crippen MR) is 54.5 cm³/mol. The Morgan fingerprint density at radius 3 is 2.77 bits per heavy atom. The van der Waals surface area contributed by atoms with Gasteiger partial charge in [-0.25, -0.2) is 0 Å². The van der Waals surface area contributed by atoms with Crippen LogP contribution in [0.2, 0.25) is 0 Å². The minimum absolute atomic E-state index is 0.938. The molecule has 0 N–H and O–H groups in total. The van der Waals surface area contributed by atoms with Crippen LogP contribution in [0.1, 0.15) is 19.6 Å². The number of furan rings is 1. The van der Waals surface area contributed by atoms with Crippen LogP contribution in [0.4, 0.5) is 0 Å². The van der Waals surface area contributed by atoms with Gasteiger partial charge in [-0.3, -0.25) is 0 Å². The summed E-state index contributed by atoms with van der Waals surface area (Å²) in [5.74, 6) is 2.45. The van der Waals surface area contributed by atoms with Crippen LogP contribution in [-0.2, 0) is 6.42 Å². The van der Waals surface area contributed by atoms with E-state index in [4.69, 9.17) is 4.42 Å². The number of benzene rings is 1. The van der Waals surface area contributed by atoms with E-state index >= 15 is 0 Å². The minimum Gasteiger partial charge on any atom is -0.468 e. The maximum atomic E-state index is 5.51. The van der Waals surface area contributed by atoms with Crippen LogP contribution in [0.5, 0.6) is 0 Å². The Morgan fingerprint density at radius 1 is 1.23 bits per heavy atom. The van der Waals surface area contributed by atoms with E-state index in [2.05, 4.69) is 26.0 Å². The molecular weight excluding hydrogens is 160 g/mol. The smallest absolute Gasteiger partial charge is 0.112 e. The van der Waals surface area contributed by atoms with Gasteiger partial charge in [0, 0.05) is 17.2 Å². The van der Waals surface area contributed by atoms with Crippen molar-refractivity contribution >= 4 is 10.8 Å². The summed E-state index contributed by atoms with van der Waals surface area (Å²) in [5.41, 5.74) is 0. The van der Waals surface area contributed by atoms with Crippen molar-refractivity contribution in [3.05, 3.63) is 42.2 Å². The second-order valence-electron chi connectivity index (χ2n) is 3.63. The first-order valence-electron chi connectivity index (χ1n) is 4.51. The van der Waals surface area contributed by atoms with E-state index in [9.17, 15) is 0 Å². The third kappa shape index (κ3) is 1.59. The van der Waals surface area contributed by atoms with E-state index < -0.39 is 0 Å². The number of rotatable bonds is 2. The van der Waals surface area contributed by atoms with Crippen LogP contribution < -0.4 is 0 Å². The Labute approximate surface area is 78.4 Å². The molecule has 1 heterocycles. The molecule has 0 aliphatic carbocycles. The van der Waals surface area contributed by atoms with Gasteiger partial charge < -0.3 is 4.42 Å². The number of hydrogen-bond donors (Lipinski definition) is 0. The summed E-state index contributed by atoms with van der Waals surface area (Å²) >= 11 is 0. The monoisotopic (exact) mass is 173 g/mol. The van der Waals surface area contributed by atoms with Gasteiger partial charge in [-0.05, 0) is 5.92 Å². The summed E-state index contributed by atoms with van der Waals surface area (Å²) in [6.45, 7) is 4.24. The summed E-state index contributed by atoms with van der Waals surface area (Å²) in [6.07, 6.45) is 2.76. The predicted octanol–water partition coefficient (Wildman–Crippen LogP) is 3.59. The molecule has 13 heavy (non-hydrogen) atoms. The van der Waals surface area contributed by atoms with Gasteiger partial charge in [0.1, 0.15) is 5.76 Å². The van der Waals surface area contributed by atoms with Crippen LogP contribution in [0.15, 0.2) is 34.9 Å². The Morgan fingerprint density at radius 2 is 2.00 bits per heavy atom. The summed E-state index contributed by atoms with van der Waals surface area (Å²) in [6, 6.07) is 8.26. The van der Waals surface area contributed by atoms with E-state index in [0.29, 0.717) is 0 Å². The molecule has 0 aliphatic rings. The number of hydrogen-bond acceptors (Lipinski definition) is 1. The standard InChI is InChI=1S/C12H13O/c1-9(2)7-12-11-6-4-3-5-10(11)8-13-12/h3-6,8H,7H2,1-2H3. The SMILES string of the molecule is C[C](C)Cc1occ2ccccc12. The molecule has 0 fully saturated rings. The van der Waals surface area contributed by atoms with Gasteiger partial charge >= 0.3 is 0 Å². The molecule has 0 atom stereocenters. The zero-order valence-electron chi connectivity index (χ0n) is 8.00. The first-order chi connectivity index (χ1) is 6.27. The summed E-state index contributed by atoms with van der Waals surface area (Å²) in [4.78, 5) is 0. The molecule has 1 aromatic heterocycles. The van der Waals surface area contributed by atoms with E-state index in [1.165, 1.54) is 16.7 Å². The summed E-state index contributed by atoms with van der Waals surface area (Å²) in [5, 5.41) is 2.43. The lowest BCUT2D eigenvalue weighted by Crippen LogP contribution is -1.89. The Balaban J connectivity index is 2.46. The van der Waals surface area contributed by atoms with Crippen molar-refractivity contribution in [3.63, 3.8) is 0 Å². The van der Waals surface area contributed by atoms with Crippen LogP contribution in [0.25, 0.3) is 10.8 Å². The van der Waals surface area contributed by atoms with Gasteiger partial charge in [-0.1, -0.05) is 38.1 Å². The Kier molecular flexibility index (Phi) is 2.09. The molecule has 0 bridgehead atoms. The number of fused-ring (bicyclic) bond motifs is 1. The molecule has 67 valence electrons. The Bertz CT molecular complexity index is 398. The van der Waals surface area contributed by atoms with Gasteiger partial charge in [0.15, 0.2) is 0 Å². The molecule has 0 saturated carbocycles. The molecule has 0 amide bonds. The average Bonchev–Trinajstić information content (AvgIpc) is 2.48. The van der Waals surface area contributed by atoms with E-state index in [1.54, 1.807) is 0 Å². The first-order valence-corrected chi connectivity index (χ1v) is 4.51. The highest BCUT2D eigenvalue weighted by molar-refractivity contribution is 5.84. The normalized spacial score (nSPS) is 11.3. The molecule has 0 aliphatic heterocycles. The van der Waals surface area contributed by atoms with E-state index in [0.717, 1.165) is 12.2 Å². The molecule has 2 aromatic rings. The van der Waals surface area contributed by atoms with Crippen LogP contribution >= 0.6 is 0 Å². The second kappa shape index (κ2) is 3.25. The van der Waals surface area contributed by atoms with Crippen molar-refractivity contribution in [2.24, 2.45) is 0 Å². The zero-order valence-corrected chi connectivity index (χ0v) is 8.00. The highest BCUT2D eigenvalue weighted by Crippen LogP contribution is 2.23. The molecule has 1 heteroatoms. The lowest BCUT2D eigenvalue weighted by molar-refractivity contribution is 0.517. The van der Waals surface area contributed by atoms with Gasteiger partial charge in [-0.2, -0.15) is 0 Å². The lowest BCUT2D eigenvalue weighted by Gasteiger charge is -2.00. The minimum atomic E-state index is 0.938. The highest BCUT2D eigenvalue weighted by Gasteiger charge is 2.06. The topological polar surface area (TPSA) is 13.1 Å². The zero-order chi connectivity index (χ0) is 9.26. The van der Waals surface area contributed by atoms with Gasteiger partial charge in [0.2, 0.25) is 0 Å². The van der Waals surface area contributed by atoms with Crippen LogP contribution in [-0.4, -0.2) is 0 Å². The van der Waals surface area contributed by atoms with Crippen molar-refractivity contribution in [1.82, 2.24) is 0 Å². The molecule has 1 radical (unpaired) electrons. The van der Waals surface area contributed by atoms with Crippen molar-refractivity contribution in [3.8, 4) is 0 Å². The van der Waals surface area contributed by atoms with Gasteiger partial charge in [0.05, 0.1) is 6.26 Å². The summed E-state index contributed by atoms with van der Waals surface area (Å²) < 4.78 is 5.51. The average molecular weight is 173 g/mol. The largest absolute Gasteiger partial charge is 0.468 e. The van der Waals surface area contributed by atoms with E-state index in [-0.39, 0.29) is 0 Å². The molecule has 2 rings (SSSR count). The molecule has 0 unspecified atom stereocenters. The fraction of sp³-hybridized carbons (Fsp3) is 0.250. The molecule has 0 spiro atoms. The maximum Gasteiger partial charge on any atom is 0.112 e. The summed E-state index contributed by atoms with van der Waals surface area (Å²) in [7, 11) is 0. The highest BCUT2D eigenvalue weighted by atomic mass is 16.3. The van der Waals surface area contributed by atoms with E-state index in [1.807, 2.05) is 18.4 Å². The third-order valence-corrected chi connectivity index (χ3v) is 2.10. The van der Waals surface area contributed by atoms with Crippen molar-refractivity contribution in [1.29, 1.82) is 0 Å². The fourth-order valence-corrected chi connectivity index (χ4v) is 1.51. The van der Waals surface area contributed by atoms with Crippen LogP contribution in [0.3, 0.4) is 0 Å². The van der Waals surface area contributed by atoms with Crippen molar-refractivity contribution in [2.75, 3.05) is 0 Å². The lowest BCUT2D eigenvalue weighted by atomic mass is 10.1. The fourth-order valence-electron chi connectivity index (χ4n) is 1.51. The van der Waals surface area contributed by atoms with Crippen LogP contribution in [0, 0.1) is 5.92 Å². The first kappa shape index (κ1) is 8.36. The quantitative estimate of drug-likeness (QED) is 0.676. The molecule has 1 aromatic carbocycles. The molecular formula is C12H13O. The van der Waals surface area contributed by atoms with Crippen molar-refractivity contribution in [2.45, 2.75) is 20.3 Å². The van der Waals surface area contributed by atoms with Gasteiger partial charge in [-0.15, -0.1) is 0 Å². The van der Waals surface area contributed by atoms with Gasteiger partial charge in [0.25, 0.3) is 0 Å². The second-order valence-corrected chi connectivity index (χ2v) is 3.63. The van der Waals surface area contributed by atoms with Crippen molar-refractivity contribution < 1.29 is 4.42 Å². The maximum absolute atomic E-state index is 5.51.